The Labute approximate surface area is 138 Å². The molecule has 1 aromatic rings. The van der Waals surface area contributed by atoms with Crippen molar-refractivity contribution in [1.29, 1.82) is 0 Å². The SMILES string of the molecule is CNC(c1cc(Br)c(Cl)s1)C12CC3CC(CC(C3)C1)C2. The van der Waals surface area contributed by atoms with E-state index >= 15 is 0 Å². The molecule has 1 heterocycles. The minimum absolute atomic E-state index is 0.490. The summed E-state index contributed by atoms with van der Waals surface area (Å²) in [6.45, 7) is 0. The molecule has 4 saturated carbocycles. The van der Waals surface area contributed by atoms with E-state index in [0.717, 1.165) is 26.6 Å². The minimum atomic E-state index is 0.490. The lowest BCUT2D eigenvalue weighted by molar-refractivity contribution is -0.0729. The maximum atomic E-state index is 6.28. The van der Waals surface area contributed by atoms with E-state index in [9.17, 15) is 0 Å². The Balaban J connectivity index is 1.70. The maximum Gasteiger partial charge on any atom is 0.107 e. The average Bonchev–Trinajstić information content (AvgIpc) is 2.67. The zero-order chi connectivity index (χ0) is 13.9. The van der Waals surface area contributed by atoms with Gasteiger partial charge in [-0.1, -0.05) is 11.6 Å². The molecule has 1 nitrogen and oxygen atoms in total. The van der Waals surface area contributed by atoms with E-state index < -0.39 is 0 Å². The topological polar surface area (TPSA) is 12.0 Å². The lowest BCUT2D eigenvalue weighted by Gasteiger charge is -2.59. The molecule has 1 unspecified atom stereocenters. The highest BCUT2D eigenvalue weighted by Gasteiger charge is 2.54. The normalized spacial score (nSPS) is 40.2. The number of halogens is 2. The fraction of sp³-hybridized carbons (Fsp3) is 0.750. The minimum Gasteiger partial charge on any atom is -0.312 e. The molecule has 0 saturated heterocycles. The van der Waals surface area contributed by atoms with Crippen LogP contribution in [0.1, 0.15) is 49.4 Å². The second kappa shape index (κ2) is 4.97. The molecule has 0 amide bonds. The summed E-state index contributed by atoms with van der Waals surface area (Å²) in [6, 6.07) is 2.73. The number of nitrogens with one attached hydrogen (secondary N) is 1. The molecule has 4 bridgehead atoms. The number of thiophene rings is 1. The van der Waals surface area contributed by atoms with Gasteiger partial charge in [-0.2, -0.15) is 0 Å². The molecule has 4 heteroatoms. The lowest BCUT2D eigenvalue weighted by atomic mass is 9.47. The van der Waals surface area contributed by atoms with Crippen LogP contribution in [0.25, 0.3) is 0 Å². The van der Waals surface area contributed by atoms with Gasteiger partial charge >= 0.3 is 0 Å². The van der Waals surface area contributed by atoms with Crippen molar-refractivity contribution in [3.05, 3.63) is 19.8 Å². The Morgan fingerprint density at radius 3 is 2.20 bits per heavy atom. The Kier molecular flexibility index (Phi) is 3.49. The molecule has 1 atom stereocenters. The molecule has 0 aliphatic heterocycles. The maximum absolute atomic E-state index is 6.28. The third kappa shape index (κ3) is 2.12. The largest absolute Gasteiger partial charge is 0.312 e. The number of hydrogen-bond donors (Lipinski definition) is 1. The molecule has 0 radical (unpaired) electrons. The third-order valence-electron chi connectivity index (χ3n) is 5.94. The Morgan fingerprint density at radius 2 is 1.80 bits per heavy atom. The quantitative estimate of drug-likeness (QED) is 0.721. The first-order valence-electron chi connectivity index (χ1n) is 7.71. The first-order chi connectivity index (χ1) is 9.59. The van der Waals surface area contributed by atoms with Gasteiger partial charge in [0.2, 0.25) is 0 Å². The first-order valence-corrected chi connectivity index (χ1v) is 9.70. The predicted molar refractivity (Wildman–Crippen MR) is 89.4 cm³/mol. The highest BCUT2D eigenvalue weighted by atomic mass is 79.9. The summed E-state index contributed by atoms with van der Waals surface area (Å²) in [5.41, 5.74) is 0.497. The molecular formula is C16H21BrClNS. The van der Waals surface area contributed by atoms with Gasteiger partial charge in [0.05, 0.1) is 0 Å². The van der Waals surface area contributed by atoms with Crippen LogP contribution in [-0.2, 0) is 0 Å². The van der Waals surface area contributed by atoms with E-state index in [0.29, 0.717) is 11.5 Å². The van der Waals surface area contributed by atoms with E-state index in [1.807, 2.05) is 0 Å². The van der Waals surface area contributed by atoms with Crippen molar-refractivity contribution in [2.24, 2.45) is 23.2 Å². The average molecular weight is 375 g/mol. The summed E-state index contributed by atoms with van der Waals surface area (Å²) in [5, 5.41) is 3.65. The van der Waals surface area contributed by atoms with Crippen LogP contribution < -0.4 is 5.32 Å². The van der Waals surface area contributed by atoms with Crippen LogP contribution in [0, 0.1) is 23.2 Å². The van der Waals surface area contributed by atoms with Crippen LogP contribution in [0.3, 0.4) is 0 Å². The van der Waals surface area contributed by atoms with E-state index in [-0.39, 0.29) is 0 Å². The number of hydrogen-bond acceptors (Lipinski definition) is 2. The first kappa shape index (κ1) is 14.0. The molecule has 4 aliphatic carbocycles. The van der Waals surface area contributed by atoms with Gasteiger partial charge in [-0.05, 0) is 90.7 Å². The van der Waals surface area contributed by atoms with Gasteiger partial charge in [-0.15, -0.1) is 11.3 Å². The molecule has 4 aliphatic rings. The Morgan fingerprint density at radius 1 is 1.25 bits per heavy atom. The van der Waals surface area contributed by atoms with Gasteiger partial charge in [-0.3, -0.25) is 0 Å². The molecule has 0 aromatic carbocycles. The molecule has 20 heavy (non-hydrogen) atoms. The van der Waals surface area contributed by atoms with Crippen LogP contribution in [-0.4, -0.2) is 7.05 Å². The summed E-state index contributed by atoms with van der Waals surface area (Å²) in [5.74, 6) is 2.99. The van der Waals surface area contributed by atoms with Gasteiger partial charge in [-0.25, -0.2) is 0 Å². The number of rotatable bonds is 3. The molecule has 1 aromatic heterocycles. The highest BCUT2D eigenvalue weighted by Crippen LogP contribution is 2.64. The molecular weight excluding hydrogens is 354 g/mol. The lowest BCUT2D eigenvalue weighted by Crippen LogP contribution is -2.51. The van der Waals surface area contributed by atoms with Crippen LogP contribution >= 0.6 is 38.9 Å². The van der Waals surface area contributed by atoms with E-state index in [4.69, 9.17) is 11.6 Å². The Bertz CT molecular complexity index is 472. The monoisotopic (exact) mass is 373 g/mol. The van der Waals surface area contributed by atoms with E-state index in [1.165, 1.54) is 43.4 Å². The van der Waals surface area contributed by atoms with Crippen molar-refractivity contribution in [2.45, 2.75) is 44.6 Å². The molecule has 1 N–H and O–H groups in total. The van der Waals surface area contributed by atoms with Crippen molar-refractivity contribution >= 4 is 38.9 Å². The smallest absolute Gasteiger partial charge is 0.107 e. The predicted octanol–water partition coefficient (Wildman–Crippen LogP) is 5.64. The van der Waals surface area contributed by atoms with Gasteiger partial charge in [0.1, 0.15) is 4.34 Å². The zero-order valence-corrected chi connectivity index (χ0v) is 15.0. The molecule has 0 spiro atoms. The molecule has 110 valence electrons. The fourth-order valence-corrected chi connectivity index (χ4v) is 7.78. The third-order valence-corrected chi connectivity index (χ3v) is 8.47. The fourth-order valence-electron chi connectivity index (χ4n) is 5.79. The van der Waals surface area contributed by atoms with Crippen molar-refractivity contribution in [1.82, 2.24) is 5.32 Å². The molecule has 5 rings (SSSR count). The summed E-state index contributed by atoms with van der Waals surface area (Å²) >= 11 is 11.6. The zero-order valence-electron chi connectivity index (χ0n) is 11.8. The molecule has 4 fully saturated rings. The van der Waals surface area contributed by atoms with E-state index in [1.54, 1.807) is 11.3 Å². The summed E-state index contributed by atoms with van der Waals surface area (Å²) < 4.78 is 1.95. The van der Waals surface area contributed by atoms with E-state index in [2.05, 4.69) is 34.4 Å². The summed E-state index contributed by atoms with van der Waals surface area (Å²) in [4.78, 5) is 1.42. The van der Waals surface area contributed by atoms with Crippen LogP contribution in [0.15, 0.2) is 10.5 Å². The van der Waals surface area contributed by atoms with Crippen molar-refractivity contribution in [2.75, 3.05) is 7.05 Å². The van der Waals surface area contributed by atoms with Crippen LogP contribution in [0.4, 0.5) is 0 Å². The highest BCUT2D eigenvalue weighted by molar-refractivity contribution is 9.10. The van der Waals surface area contributed by atoms with Gasteiger partial charge in [0, 0.05) is 15.4 Å². The van der Waals surface area contributed by atoms with Crippen LogP contribution in [0.2, 0.25) is 4.34 Å². The van der Waals surface area contributed by atoms with Crippen molar-refractivity contribution in [3.8, 4) is 0 Å². The van der Waals surface area contributed by atoms with Crippen molar-refractivity contribution in [3.63, 3.8) is 0 Å². The van der Waals surface area contributed by atoms with Gasteiger partial charge in [0.15, 0.2) is 0 Å². The Hall–Kier alpha value is 0.430. The second-order valence-corrected chi connectivity index (χ2v) is 9.81. The summed E-state index contributed by atoms with van der Waals surface area (Å²) in [7, 11) is 2.13. The van der Waals surface area contributed by atoms with Gasteiger partial charge < -0.3 is 5.32 Å². The van der Waals surface area contributed by atoms with Gasteiger partial charge in [0.25, 0.3) is 0 Å². The van der Waals surface area contributed by atoms with Crippen LogP contribution in [0.5, 0.6) is 0 Å². The standard InChI is InChI=1S/C16H21BrClNS/c1-19-14(13-5-12(17)15(18)20-13)16-6-9-2-10(7-16)4-11(3-9)8-16/h5,9-11,14,19H,2-4,6-8H2,1H3. The van der Waals surface area contributed by atoms with Crippen molar-refractivity contribution < 1.29 is 0 Å². The summed E-state index contributed by atoms with van der Waals surface area (Å²) in [6.07, 6.45) is 8.80. The second-order valence-electron chi connectivity index (χ2n) is 7.27.